The number of benzene rings is 1. The van der Waals surface area contributed by atoms with Crippen molar-refractivity contribution in [3.8, 4) is 0 Å². The Morgan fingerprint density at radius 3 is 2.77 bits per heavy atom. The second-order valence-corrected chi connectivity index (χ2v) is 7.66. The van der Waals surface area contributed by atoms with E-state index >= 15 is 0 Å². The van der Waals surface area contributed by atoms with E-state index in [9.17, 15) is 4.79 Å². The zero-order valence-corrected chi connectivity index (χ0v) is 14.6. The number of hydrogen-bond acceptors (Lipinski definition) is 4. The Bertz CT molecular complexity index is 466. The number of carbonyl (C=O) groups is 1. The van der Waals surface area contributed by atoms with Gasteiger partial charge in [-0.1, -0.05) is 37.3 Å². The SMILES string of the molecule is CC1CN(CC(=O)NCC(c2ccccc2)N(C)C)CCS1. The molecule has 0 radical (unpaired) electrons. The fourth-order valence-corrected chi connectivity index (χ4v) is 3.86. The van der Waals surface area contributed by atoms with Crippen molar-refractivity contribution in [2.45, 2.75) is 18.2 Å². The number of carbonyl (C=O) groups excluding carboxylic acids is 1. The van der Waals surface area contributed by atoms with E-state index in [1.165, 1.54) is 5.56 Å². The van der Waals surface area contributed by atoms with Gasteiger partial charge in [0.1, 0.15) is 0 Å². The highest BCUT2D eigenvalue weighted by Crippen LogP contribution is 2.18. The Hall–Kier alpha value is -1.04. The first-order valence-corrected chi connectivity index (χ1v) is 8.93. The molecule has 1 aromatic rings. The third-order valence-electron chi connectivity index (χ3n) is 3.99. The average molecular weight is 321 g/mol. The first-order chi connectivity index (χ1) is 10.6. The highest BCUT2D eigenvalue weighted by Gasteiger charge is 2.20. The van der Waals surface area contributed by atoms with Crippen LogP contribution in [0, 0.1) is 0 Å². The Morgan fingerprint density at radius 2 is 2.14 bits per heavy atom. The molecule has 0 aromatic heterocycles. The lowest BCUT2D eigenvalue weighted by atomic mass is 10.1. The molecule has 122 valence electrons. The first-order valence-electron chi connectivity index (χ1n) is 7.88. The molecule has 5 heteroatoms. The summed E-state index contributed by atoms with van der Waals surface area (Å²) >= 11 is 1.99. The number of nitrogens with one attached hydrogen (secondary N) is 1. The summed E-state index contributed by atoms with van der Waals surface area (Å²) in [4.78, 5) is 16.6. The largest absolute Gasteiger partial charge is 0.353 e. The van der Waals surface area contributed by atoms with E-state index in [2.05, 4.69) is 34.2 Å². The standard InChI is InChI=1S/C17H27N3OS/c1-14-12-20(9-10-22-14)13-17(21)18-11-16(19(2)3)15-7-5-4-6-8-15/h4-8,14,16H,9-13H2,1-3H3,(H,18,21). The molecule has 1 aliphatic heterocycles. The van der Waals surface area contributed by atoms with Crippen LogP contribution in [0.25, 0.3) is 0 Å². The van der Waals surface area contributed by atoms with Crippen molar-refractivity contribution in [3.05, 3.63) is 35.9 Å². The molecule has 4 nitrogen and oxygen atoms in total. The summed E-state index contributed by atoms with van der Waals surface area (Å²) in [6.07, 6.45) is 0. The summed E-state index contributed by atoms with van der Waals surface area (Å²) in [6, 6.07) is 10.5. The maximum Gasteiger partial charge on any atom is 0.234 e. The molecule has 1 aromatic carbocycles. The number of rotatable bonds is 6. The van der Waals surface area contributed by atoms with Gasteiger partial charge >= 0.3 is 0 Å². The van der Waals surface area contributed by atoms with Crippen LogP contribution in [0.2, 0.25) is 0 Å². The Morgan fingerprint density at radius 1 is 1.41 bits per heavy atom. The smallest absolute Gasteiger partial charge is 0.234 e. The van der Waals surface area contributed by atoms with Gasteiger partial charge < -0.3 is 10.2 Å². The van der Waals surface area contributed by atoms with E-state index in [0.717, 1.165) is 18.8 Å². The van der Waals surface area contributed by atoms with Crippen molar-refractivity contribution in [3.63, 3.8) is 0 Å². The summed E-state index contributed by atoms with van der Waals surface area (Å²) in [5.74, 6) is 1.25. The van der Waals surface area contributed by atoms with Crippen LogP contribution in [0.1, 0.15) is 18.5 Å². The van der Waals surface area contributed by atoms with Gasteiger partial charge in [0.25, 0.3) is 0 Å². The molecule has 2 unspecified atom stereocenters. The van der Waals surface area contributed by atoms with Gasteiger partial charge in [-0.05, 0) is 19.7 Å². The molecule has 22 heavy (non-hydrogen) atoms. The third kappa shape index (κ3) is 5.30. The lowest BCUT2D eigenvalue weighted by Crippen LogP contribution is -2.44. The molecule has 1 heterocycles. The Kier molecular flexibility index (Phi) is 6.73. The van der Waals surface area contributed by atoms with Gasteiger partial charge in [-0.15, -0.1) is 0 Å². The lowest BCUT2D eigenvalue weighted by molar-refractivity contribution is -0.122. The van der Waals surface area contributed by atoms with Crippen LogP contribution in [0.5, 0.6) is 0 Å². The predicted molar refractivity (Wildman–Crippen MR) is 94.2 cm³/mol. The van der Waals surface area contributed by atoms with Crippen LogP contribution in [0.3, 0.4) is 0 Å². The van der Waals surface area contributed by atoms with Crippen LogP contribution in [-0.4, -0.2) is 67.0 Å². The highest BCUT2D eigenvalue weighted by molar-refractivity contribution is 7.99. The van der Waals surface area contributed by atoms with Gasteiger partial charge in [0.2, 0.25) is 5.91 Å². The summed E-state index contributed by atoms with van der Waals surface area (Å²) in [5.41, 5.74) is 1.23. The monoisotopic (exact) mass is 321 g/mol. The molecule has 1 saturated heterocycles. The molecule has 1 amide bonds. The van der Waals surface area contributed by atoms with Crippen molar-refractivity contribution in [1.82, 2.24) is 15.1 Å². The molecule has 0 bridgehead atoms. The zero-order chi connectivity index (χ0) is 15.9. The Balaban J connectivity index is 1.83. The minimum atomic E-state index is 0.127. The molecule has 1 N–H and O–H groups in total. The molecular weight excluding hydrogens is 294 g/mol. The van der Waals surface area contributed by atoms with Crippen LogP contribution >= 0.6 is 11.8 Å². The predicted octanol–water partition coefficient (Wildman–Crippen LogP) is 1.84. The number of hydrogen-bond donors (Lipinski definition) is 1. The topological polar surface area (TPSA) is 35.6 Å². The highest BCUT2D eigenvalue weighted by atomic mass is 32.2. The van der Waals surface area contributed by atoms with Crippen molar-refractivity contribution in [2.24, 2.45) is 0 Å². The van der Waals surface area contributed by atoms with Crippen LogP contribution in [0.15, 0.2) is 30.3 Å². The van der Waals surface area contributed by atoms with Crippen molar-refractivity contribution < 1.29 is 4.79 Å². The van der Waals surface area contributed by atoms with Gasteiger partial charge in [0, 0.05) is 30.6 Å². The molecule has 2 atom stereocenters. The normalized spacial score (nSPS) is 20.8. The van der Waals surface area contributed by atoms with Crippen molar-refractivity contribution >= 4 is 17.7 Å². The quantitative estimate of drug-likeness (QED) is 0.867. The second-order valence-electron chi connectivity index (χ2n) is 6.11. The van der Waals surface area contributed by atoms with Gasteiger partial charge in [-0.2, -0.15) is 11.8 Å². The molecule has 1 aliphatic rings. The third-order valence-corrected chi connectivity index (χ3v) is 5.13. The maximum absolute atomic E-state index is 12.2. The van der Waals surface area contributed by atoms with Crippen molar-refractivity contribution in [2.75, 3.05) is 46.0 Å². The summed E-state index contributed by atoms with van der Waals surface area (Å²) in [5, 5.41) is 3.72. The van der Waals surface area contributed by atoms with E-state index < -0.39 is 0 Å². The zero-order valence-electron chi connectivity index (χ0n) is 13.8. The maximum atomic E-state index is 12.2. The number of thioether (sulfide) groups is 1. The summed E-state index contributed by atoms with van der Waals surface area (Å²) in [7, 11) is 4.10. The van der Waals surface area contributed by atoms with E-state index in [0.29, 0.717) is 18.3 Å². The van der Waals surface area contributed by atoms with Gasteiger partial charge in [0.05, 0.1) is 12.6 Å². The van der Waals surface area contributed by atoms with Crippen LogP contribution < -0.4 is 5.32 Å². The van der Waals surface area contributed by atoms with Crippen molar-refractivity contribution in [1.29, 1.82) is 0 Å². The molecule has 0 spiro atoms. The molecule has 1 fully saturated rings. The average Bonchev–Trinajstić information content (AvgIpc) is 2.48. The van der Waals surface area contributed by atoms with Gasteiger partial charge in [-0.3, -0.25) is 9.69 Å². The lowest BCUT2D eigenvalue weighted by Gasteiger charge is -2.30. The van der Waals surface area contributed by atoms with E-state index in [1.807, 2.05) is 44.1 Å². The molecule has 0 saturated carbocycles. The van der Waals surface area contributed by atoms with E-state index in [1.54, 1.807) is 0 Å². The van der Waals surface area contributed by atoms with Crippen LogP contribution in [-0.2, 0) is 4.79 Å². The fourth-order valence-electron chi connectivity index (χ4n) is 2.78. The second kappa shape index (κ2) is 8.56. The van der Waals surface area contributed by atoms with Gasteiger partial charge in [-0.25, -0.2) is 0 Å². The fraction of sp³-hybridized carbons (Fsp3) is 0.588. The van der Waals surface area contributed by atoms with E-state index in [-0.39, 0.29) is 11.9 Å². The minimum Gasteiger partial charge on any atom is -0.353 e. The Labute approximate surface area is 138 Å². The summed E-state index contributed by atoms with van der Waals surface area (Å²) in [6.45, 7) is 5.41. The first kappa shape index (κ1) is 17.3. The molecule has 0 aliphatic carbocycles. The van der Waals surface area contributed by atoms with E-state index in [4.69, 9.17) is 0 Å². The number of nitrogens with zero attached hydrogens (tertiary/aromatic N) is 2. The number of amides is 1. The molecule has 2 rings (SSSR count). The van der Waals surface area contributed by atoms with Crippen LogP contribution in [0.4, 0.5) is 0 Å². The minimum absolute atomic E-state index is 0.127. The van der Waals surface area contributed by atoms with Gasteiger partial charge in [0.15, 0.2) is 0 Å². The summed E-state index contributed by atoms with van der Waals surface area (Å²) < 4.78 is 0. The number of likely N-dealkylation sites (N-methyl/N-ethyl adjacent to an activating group) is 1. The molecular formula is C17H27N3OS.